The summed E-state index contributed by atoms with van der Waals surface area (Å²) in [6, 6.07) is 7.99. The molecule has 1 aliphatic rings. The number of aryl methyl sites for hydroxylation is 1. The van der Waals surface area contributed by atoms with Crippen LogP contribution in [0.4, 0.5) is 5.82 Å². The Morgan fingerprint density at radius 2 is 2.14 bits per heavy atom. The Kier molecular flexibility index (Phi) is 4.93. The fourth-order valence-corrected chi connectivity index (χ4v) is 3.82. The molecule has 0 aromatic carbocycles. The van der Waals surface area contributed by atoms with E-state index in [1.54, 1.807) is 13.1 Å². The molecule has 0 aliphatic carbocycles. The monoisotopic (exact) mass is 398 g/mol. The molecule has 1 unspecified atom stereocenters. The Morgan fingerprint density at radius 1 is 1.32 bits per heavy atom. The molecule has 1 N–H and O–H groups in total. The molecule has 4 heterocycles. The van der Waals surface area contributed by atoms with Gasteiger partial charge in [-0.3, -0.25) is 9.78 Å². The van der Waals surface area contributed by atoms with Crippen LogP contribution in [0.3, 0.4) is 0 Å². The van der Waals surface area contributed by atoms with E-state index in [0.717, 1.165) is 48.1 Å². The minimum Gasteiger partial charge on any atom is -0.354 e. The van der Waals surface area contributed by atoms with Gasteiger partial charge in [0.25, 0.3) is 0 Å². The molecule has 8 heteroatoms. The highest BCUT2D eigenvalue weighted by molar-refractivity contribution is 6.30. The SMILES string of the molecule is CC(=O)N[C@@H]1CCN(c2cc(C)nc3cc(C(C)c4ccc(Cl)cn4)nn23)C1. The molecule has 2 atom stereocenters. The second kappa shape index (κ2) is 7.39. The van der Waals surface area contributed by atoms with Gasteiger partial charge >= 0.3 is 0 Å². The second-order valence-corrected chi connectivity index (χ2v) is 7.79. The van der Waals surface area contributed by atoms with E-state index in [1.165, 1.54) is 0 Å². The fourth-order valence-electron chi connectivity index (χ4n) is 3.70. The van der Waals surface area contributed by atoms with E-state index in [-0.39, 0.29) is 17.9 Å². The molecule has 0 radical (unpaired) electrons. The van der Waals surface area contributed by atoms with Gasteiger partial charge in [0.05, 0.1) is 10.7 Å². The Morgan fingerprint density at radius 3 is 2.86 bits per heavy atom. The molecule has 4 rings (SSSR count). The molecule has 1 aliphatic heterocycles. The molecule has 3 aromatic rings. The molecule has 7 nitrogen and oxygen atoms in total. The summed E-state index contributed by atoms with van der Waals surface area (Å²) in [5, 5.41) is 8.46. The lowest BCUT2D eigenvalue weighted by Crippen LogP contribution is -2.36. The van der Waals surface area contributed by atoms with Crippen molar-refractivity contribution in [3.63, 3.8) is 0 Å². The van der Waals surface area contributed by atoms with Crippen LogP contribution in [0.1, 0.15) is 43.3 Å². The number of aromatic nitrogens is 4. The third-order valence-corrected chi connectivity index (χ3v) is 5.34. The van der Waals surface area contributed by atoms with Gasteiger partial charge < -0.3 is 10.2 Å². The summed E-state index contributed by atoms with van der Waals surface area (Å²) in [6.45, 7) is 7.26. The number of hydrogen-bond donors (Lipinski definition) is 1. The zero-order valence-electron chi connectivity index (χ0n) is 16.2. The summed E-state index contributed by atoms with van der Waals surface area (Å²) in [4.78, 5) is 22.7. The zero-order valence-corrected chi connectivity index (χ0v) is 16.9. The van der Waals surface area contributed by atoms with Crippen molar-refractivity contribution in [2.24, 2.45) is 0 Å². The lowest BCUT2D eigenvalue weighted by atomic mass is 10.0. The normalized spacial score (nSPS) is 17.9. The van der Waals surface area contributed by atoms with Gasteiger partial charge in [0.1, 0.15) is 5.82 Å². The molecular weight excluding hydrogens is 376 g/mol. The quantitative estimate of drug-likeness (QED) is 0.731. The van der Waals surface area contributed by atoms with Gasteiger partial charge in [-0.15, -0.1) is 0 Å². The maximum absolute atomic E-state index is 11.4. The standard InChI is InChI=1S/C20H23ClN6O/c1-12-8-20(26-7-6-16(11-26)24-14(3)28)27-19(23-12)9-18(25-27)13(2)17-5-4-15(21)10-22-17/h4-5,8-10,13,16H,6-7,11H2,1-3H3,(H,24,28)/t13?,16-/m1/s1. The van der Waals surface area contributed by atoms with Gasteiger partial charge in [-0.25, -0.2) is 4.98 Å². The summed E-state index contributed by atoms with van der Waals surface area (Å²) < 4.78 is 1.89. The Hall–Kier alpha value is -2.67. The number of fused-ring (bicyclic) bond motifs is 1. The number of carbonyl (C=O) groups excluding carboxylic acids is 1. The molecule has 3 aromatic heterocycles. The topological polar surface area (TPSA) is 75.4 Å². The predicted octanol–water partition coefficient (Wildman–Crippen LogP) is 2.95. The van der Waals surface area contributed by atoms with E-state index in [0.29, 0.717) is 5.02 Å². The van der Waals surface area contributed by atoms with Crippen LogP contribution in [0.5, 0.6) is 0 Å². The summed E-state index contributed by atoms with van der Waals surface area (Å²) >= 11 is 5.96. The van der Waals surface area contributed by atoms with Gasteiger partial charge in [-0.05, 0) is 25.5 Å². The molecule has 1 fully saturated rings. The third kappa shape index (κ3) is 3.67. The van der Waals surface area contributed by atoms with Crippen LogP contribution in [0.2, 0.25) is 5.02 Å². The highest BCUT2D eigenvalue weighted by Crippen LogP contribution is 2.27. The van der Waals surface area contributed by atoms with Gasteiger partial charge in [-0.1, -0.05) is 18.5 Å². The van der Waals surface area contributed by atoms with Crippen molar-refractivity contribution in [1.82, 2.24) is 24.9 Å². The molecule has 146 valence electrons. The van der Waals surface area contributed by atoms with E-state index in [4.69, 9.17) is 16.7 Å². The first kappa shape index (κ1) is 18.7. The first-order valence-electron chi connectivity index (χ1n) is 9.41. The third-order valence-electron chi connectivity index (χ3n) is 5.11. The van der Waals surface area contributed by atoms with Gasteiger partial charge in [0.2, 0.25) is 5.91 Å². The predicted molar refractivity (Wildman–Crippen MR) is 109 cm³/mol. The fraction of sp³-hybridized carbons (Fsp3) is 0.400. The minimum atomic E-state index is 0.00794. The summed E-state index contributed by atoms with van der Waals surface area (Å²) in [7, 11) is 0. The Balaban J connectivity index is 1.67. The second-order valence-electron chi connectivity index (χ2n) is 7.35. The zero-order chi connectivity index (χ0) is 19.8. The Bertz CT molecular complexity index is 1020. The highest BCUT2D eigenvalue weighted by atomic mass is 35.5. The highest BCUT2D eigenvalue weighted by Gasteiger charge is 2.26. The lowest BCUT2D eigenvalue weighted by Gasteiger charge is -2.20. The maximum atomic E-state index is 11.4. The van der Waals surface area contributed by atoms with Crippen molar-refractivity contribution in [3.05, 3.63) is 52.6 Å². The van der Waals surface area contributed by atoms with Crippen molar-refractivity contribution in [2.75, 3.05) is 18.0 Å². The van der Waals surface area contributed by atoms with Crippen LogP contribution >= 0.6 is 11.6 Å². The van der Waals surface area contributed by atoms with Gasteiger partial charge in [0, 0.05) is 61.7 Å². The summed E-state index contributed by atoms with van der Waals surface area (Å²) in [5.41, 5.74) is 3.58. The molecule has 1 saturated heterocycles. The minimum absolute atomic E-state index is 0.00794. The number of carbonyl (C=O) groups is 1. The number of anilines is 1. The van der Waals surface area contributed by atoms with E-state index in [1.807, 2.05) is 35.7 Å². The molecule has 0 saturated carbocycles. The number of halogens is 1. The molecule has 0 spiro atoms. The van der Waals surface area contributed by atoms with Crippen molar-refractivity contribution in [2.45, 2.75) is 39.2 Å². The van der Waals surface area contributed by atoms with E-state index >= 15 is 0 Å². The molecule has 0 bridgehead atoms. The number of nitrogens with one attached hydrogen (secondary N) is 1. The average molecular weight is 399 g/mol. The molecular formula is C20H23ClN6O. The smallest absolute Gasteiger partial charge is 0.217 e. The van der Waals surface area contributed by atoms with Crippen LogP contribution < -0.4 is 10.2 Å². The van der Waals surface area contributed by atoms with Crippen LogP contribution in [-0.2, 0) is 4.79 Å². The number of pyridine rings is 1. The summed E-state index contributed by atoms with van der Waals surface area (Å²) in [6.07, 6.45) is 2.57. The number of rotatable bonds is 4. The first-order chi connectivity index (χ1) is 13.4. The van der Waals surface area contributed by atoms with Crippen molar-refractivity contribution >= 4 is 29.0 Å². The average Bonchev–Trinajstić information content (AvgIpc) is 3.27. The van der Waals surface area contributed by atoms with Crippen LogP contribution in [0.15, 0.2) is 30.5 Å². The Labute approximate surface area is 168 Å². The van der Waals surface area contributed by atoms with Crippen molar-refractivity contribution in [3.8, 4) is 0 Å². The largest absolute Gasteiger partial charge is 0.354 e. The first-order valence-corrected chi connectivity index (χ1v) is 9.79. The summed E-state index contributed by atoms with van der Waals surface area (Å²) in [5.74, 6) is 1.03. The van der Waals surface area contributed by atoms with Crippen LogP contribution in [0.25, 0.3) is 5.65 Å². The van der Waals surface area contributed by atoms with Crippen molar-refractivity contribution < 1.29 is 4.79 Å². The van der Waals surface area contributed by atoms with E-state index in [2.05, 4.69) is 27.1 Å². The van der Waals surface area contributed by atoms with E-state index < -0.39 is 0 Å². The maximum Gasteiger partial charge on any atom is 0.217 e. The van der Waals surface area contributed by atoms with E-state index in [9.17, 15) is 4.79 Å². The molecule has 1 amide bonds. The molecule has 28 heavy (non-hydrogen) atoms. The van der Waals surface area contributed by atoms with Crippen molar-refractivity contribution in [1.29, 1.82) is 0 Å². The number of amides is 1. The lowest BCUT2D eigenvalue weighted by molar-refractivity contribution is -0.119. The van der Waals surface area contributed by atoms with Gasteiger partial charge in [-0.2, -0.15) is 9.61 Å². The number of nitrogens with zero attached hydrogens (tertiary/aromatic N) is 5. The van der Waals surface area contributed by atoms with Gasteiger partial charge in [0.15, 0.2) is 5.65 Å². The number of hydrogen-bond acceptors (Lipinski definition) is 5. The van der Waals surface area contributed by atoms with Crippen LogP contribution in [-0.4, -0.2) is 44.6 Å². The van der Waals surface area contributed by atoms with Crippen LogP contribution in [0, 0.1) is 6.92 Å².